The van der Waals surface area contributed by atoms with Gasteiger partial charge >= 0.3 is 6.03 Å². The maximum Gasteiger partial charge on any atom is 0.314 e. The van der Waals surface area contributed by atoms with Gasteiger partial charge in [0.25, 0.3) is 0 Å². The molecule has 2 atom stereocenters. The van der Waals surface area contributed by atoms with Gasteiger partial charge in [0.15, 0.2) is 5.82 Å². The molecule has 3 N–H and O–H groups in total. The number of hydrogen-bond donors (Lipinski definition) is 3. The van der Waals surface area contributed by atoms with Crippen LogP contribution in [0.2, 0.25) is 0 Å². The van der Waals surface area contributed by atoms with Crippen LogP contribution in [0.3, 0.4) is 0 Å². The van der Waals surface area contributed by atoms with E-state index < -0.39 is 5.60 Å². The molecule has 0 aliphatic carbocycles. The molecule has 1 rings (SSSR count). The average molecular weight is 312 g/mol. The zero-order valence-corrected chi connectivity index (χ0v) is 14.1. The highest BCUT2D eigenvalue weighted by atomic mass is 16.5. The number of carbonyl (C=O) groups excluding carboxylic acids is 1. The Balaban J connectivity index is 2.28. The lowest BCUT2D eigenvalue weighted by Gasteiger charge is -2.29. The molecular weight excluding hydrogens is 284 g/mol. The number of aromatic nitrogens is 2. The van der Waals surface area contributed by atoms with E-state index in [2.05, 4.69) is 20.8 Å². The highest BCUT2D eigenvalue weighted by Crippen LogP contribution is 2.18. The Labute approximate surface area is 131 Å². The van der Waals surface area contributed by atoms with E-state index in [1.165, 1.54) is 0 Å². The molecule has 7 nitrogen and oxygen atoms in total. The SMILES string of the molecule is CCC(C)C(C)(O)CNC(=O)NCCc1nc(C(C)C)no1. The predicted octanol–water partition coefficient (Wildman–Crippen LogP) is 1.83. The van der Waals surface area contributed by atoms with Gasteiger partial charge in [-0.2, -0.15) is 4.98 Å². The van der Waals surface area contributed by atoms with Crippen LogP contribution in [-0.4, -0.2) is 40.0 Å². The van der Waals surface area contributed by atoms with Crippen LogP contribution < -0.4 is 10.6 Å². The Morgan fingerprint density at radius 2 is 2.05 bits per heavy atom. The first kappa shape index (κ1) is 18.4. The van der Waals surface area contributed by atoms with Gasteiger partial charge in [-0.25, -0.2) is 4.79 Å². The fourth-order valence-electron chi connectivity index (χ4n) is 1.82. The monoisotopic (exact) mass is 312 g/mol. The second-order valence-electron chi connectivity index (χ2n) is 6.23. The molecule has 0 saturated carbocycles. The Bertz CT molecular complexity index is 471. The van der Waals surface area contributed by atoms with Crippen molar-refractivity contribution in [1.82, 2.24) is 20.8 Å². The smallest absolute Gasteiger partial charge is 0.314 e. The molecule has 0 aromatic carbocycles. The lowest BCUT2D eigenvalue weighted by Crippen LogP contribution is -2.48. The third-order valence-electron chi connectivity index (χ3n) is 3.91. The van der Waals surface area contributed by atoms with Gasteiger partial charge in [0.1, 0.15) is 0 Å². The quantitative estimate of drug-likeness (QED) is 0.680. The van der Waals surface area contributed by atoms with Crippen molar-refractivity contribution in [3.05, 3.63) is 11.7 Å². The van der Waals surface area contributed by atoms with Gasteiger partial charge in [-0.15, -0.1) is 0 Å². The Hall–Kier alpha value is -1.63. The Morgan fingerprint density at radius 3 is 2.59 bits per heavy atom. The lowest BCUT2D eigenvalue weighted by molar-refractivity contribution is 0.00791. The minimum Gasteiger partial charge on any atom is -0.388 e. The Kier molecular flexibility index (Phi) is 6.80. The minimum atomic E-state index is -0.912. The Morgan fingerprint density at radius 1 is 1.36 bits per heavy atom. The van der Waals surface area contributed by atoms with Crippen LogP contribution in [0.1, 0.15) is 58.7 Å². The van der Waals surface area contributed by atoms with Crippen molar-refractivity contribution in [2.45, 2.75) is 59.0 Å². The second-order valence-corrected chi connectivity index (χ2v) is 6.23. The molecule has 0 bridgehead atoms. The first-order chi connectivity index (χ1) is 10.3. The molecule has 1 aromatic rings. The molecule has 7 heteroatoms. The van der Waals surface area contributed by atoms with E-state index in [-0.39, 0.29) is 24.4 Å². The van der Waals surface area contributed by atoms with Gasteiger partial charge < -0.3 is 20.3 Å². The van der Waals surface area contributed by atoms with Crippen LogP contribution in [-0.2, 0) is 6.42 Å². The zero-order valence-electron chi connectivity index (χ0n) is 14.1. The van der Waals surface area contributed by atoms with Crippen LogP contribution in [0.4, 0.5) is 4.79 Å². The van der Waals surface area contributed by atoms with Crippen molar-refractivity contribution >= 4 is 6.03 Å². The summed E-state index contributed by atoms with van der Waals surface area (Å²) in [5.41, 5.74) is -0.912. The molecule has 0 radical (unpaired) electrons. The maximum absolute atomic E-state index is 11.7. The van der Waals surface area contributed by atoms with Crippen LogP contribution in [0.15, 0.2) is 4.52 Å². The predicted molar refractivity (Wildman–Crippen MR) is 83.6 cm³/mol. The standard InChI is InChI=1S/C15H28N4O3/c1-6-11(4)15(5,21)9-17-14(20)16-8-7-12-18-13(10(2)3)19-22-12/h10-11,21H,6-9H2,1-5H3,(H2,16,17,20). The first-order valence-electron chi connectivity index (χ1n) is 7.82. The van der Waals surface area contributed by atoms with E-state index in [9.17, 15) is 9.90 Å². The number of rotatable bonds is 8. The van der Waals surface area contributed by atoms with E-state index in [1.54, 1.807) is 6.92 Å². The summed E-state index contributed by atoms with van der Waals surface area (Å²) in [5, 5.41) is 19.5. The largest absolute Gasteiger partial charge is 0.388 e. The molecule has 0 spiro atoms. The number of hydrogen-bond acceptors (Lipinski definition) is 5. The second kappa shape index (κ2) is 8.12. The van der Waals surface area contributed by atoms with Gasteiger partial charge in [0, 0.05) is 25.4 Å². The summed E-state index contributed by atoms with van der Waals surface area (Å²) >= 11 is 0. The van der Waals surface area contributed by atoms with Crippen LogP contribution in [0.25, 0.3) is 0 Å². The normalized spacial score (nSPS) is 15.4. The summed E-state index contributed by atoms with van der Waals surface area (Å²) in [7, 11) is 0. The number of aliphatic hydroxyl groups is 1. The van der Waals surface area contributed by atoms with Crippen LogP contribution in [0, 0.1) is 5.92 Å². The number of amides is 2. The lowest BCUT2D eigenvalue weighted by atomic mass is 9.89. The van der Waals surface area contributed by atoms with Gasteiger partial charge in [0.2, 0.25) is 5.89 Å². The third kappa shape index (κ3) is 5.63. The molecule has 0 saturated heterocycles. The van der Waals surface area contributed by atoms with Crippen molar-refractivity contribution in [2.75, 3.05) is 13.1 Å². The summed E-state index contributed by atoms with van der Waals surface area (Å²) in [6, 6.07) is -0.313. The number of urea groups is 1. The summed E-state index contributed by atoms with van der Waals surface area (Å²) < 4.78 is 5.10. The van der Waals surface area contributed by atoms with E-state index in [4.69, 9.17) is 4.52 Å². The highest BCUT2D eigenvalue weighted by molar-refractivity contribution is 5.73. The molecule has 2 unspecified atom stereocenters. The minimum absolute atomic E-state index is 0.112. The summed E-state index contributed by atoms with van der Waals surface area (Å²) in [6.45, 7) is 10.3. The van der Waals surface area contributed by atoms with Crippen molar-refractivity contribution in [2.24, 2.45) is 5.92 Å². The average Bonchev–Trinajstić information content (AvgIpc) is 2.93. The van der Waals surface area contributed by atoms with E-state index in [1.807, 2.05) is 27.7 Å². The number of nitrogens with one attached hydrogen (secondary N) is 2. The fraction of sp³-hybridized carbons (Fsp3) is 0.800. The zero-order chi connectivity index (χ0) is 16.8. The van der Waals surface area contributed by atoms with Crippen molar-refractivity contribution in [3.63, 3.8) is 0 Å². The van der Waals surface area contributed by atoms with E-state index in [0.717, 1.165) is 6.42 Å². The highest BCUT2D eigenvalue weighted by Gasteiger charge is 2.27. The fourth-order valence-corrected chi connectivity index (χ4v) is 1.82. The van der Waals surface area contributed by atoms with Gasteiger partial charge in [-0.1, -0.05) is 39.3 Å². The molecule has 126 valence electrons. The van der Waals surface area contributed by atoms with Gasteiger partial charge in [-0.3, -0.25) is 0 Å². The van der Waals surface area contributed by atoms with Crippen molar-refractivity contribution in [3.8, 4) is 0 Å². The summed E-state index contributed by atoms with van der Waals surface area (Å²) in [6.07, 6.45) is 1.33. The molecule has 0 aliphatic heterocycles. The first-order valence-corrected chi connectivity index (χ1v) is 7.82. The molecule has 1 heterocycles. The number of nitrogens with zero attached hydrogens (tertiary/aromatic N) is 2. The van der Waals surface area contributed by atoms with Crippen molar-refractivity contribution in [1.29, 1.82) is 0 Å². The molecule has 0 aliphatic rings. The molecule has 0 fully saturated rings. The summed E-state index contributed by atoms with van der Waals surface area (Å²) in [4.78, 5) is 15.9. The van der Waals surface area contributed by atoms with E-state index >= 15 is 0 Å². The topological polar surface area (TPSA) is 100 Å². The summed E-state index contributed by atoms with van der Waals surface area (Å²) in [5.74, 6) is 1.51. The number of carbonyl (C=O) groups is 1. The molecule has 1 aromatic heterocycles. The molecule has 22 heavy (non-hydrogen) atoms. The van der Waals surface area contributed by atoms with Crippen LogP contribution in [0.5, 0.6) is 0 Å². The maximum atomic E-state index is 11.7. The van der Waals surface area contributed by atoms with Crippen molar-refractivity contribution < 1.29 is 14.4 Å². The third-order valence-corrected chi connectivity index (χ3v) is 3.91. The molecule has 2 amide bonds. The van der Waals surface area contributed by atoms with E-state index in [0.29, 0.717) is 24.7 Å². The van der Waals surface area contributed by atoms with Crippen LogP contribution >= 0.6 is 0 Å². The molecular formula is C15H28N4O3. The van der Waals surface area contributed by atoms with Gasteiger partial charge in [-0.05, 0) is 12.8 Å². The van der Waals surface area contributed by atoms with Gasteiger partial charge in [0.05, 0.1) is 5.60 Å².